The molecule has 1 heterocycles. The van der Waals surface area contributed by atoms with E-state index < -0.39 is 0 Å². The van der Waals surface area contributed by atoms with Crippen LogP contribution < -0.4 is 15.4 Å². The summed E-state index contributed by atoms with van der Waals surface area (Å²) in [6.45, 7) is 9.13. The van der Waals surface area contributed by atoms with Gasteiger partial charge in [0.25, 0.3) is 0 Å². The molecule has 0 bridgehead atoms. The zero-order valence-corrected chi connectivity index (χ0v) is 19.6. The molecule has 0 amide bonds. The maximum atomic E-state index is 6.00. The maximum absolute atomic E-state index is 6.00. The lowest BCUT2D eigenvalue weighted by molar-refractivity contribution is 0.297. The highest BCUT2D eigenvalue weighted by molar-refractivity contribution is 14.0. The maximum Gasteiger partial charge on any atom is 0.191 e. The summed E-state index contributed by atoms with van der Waals surface area (Å²) in [7, 11) is 1.98. The largest absolute Gasteiger partial charge is 0.493 e. The van der Waals surface area contributed by atoms with Gasteiger partial charge in [-0.2, -0.15) is 5.10 Å². The van der Waals surface area contributed by atoms with Crippen LogP contribution in [0.1, 0.15) is 42.3 Å². The number of benzene rings is 1. The molecule has 28 heavy (non-hydrogen) atoms. The van der Waals surface area contributed by atoms with Gasteiger partial charge in [0.1, 0.15) is 5.75 Å². The summed E-state index contributed by atoms with van der Waals surface area (Å²) in [4.78, 5) is 4.76. The fraction of sp³-hybridized carbons (Fsp3) is 0.524. The van der Waals surface area contributed by atoms with Gasteiger partial charge in [-0.25, -0.2) is 4.99 Å². The third-order valence-electron chi connectivity index (χ3n) is 4.99. The van der Waals surface area contributed by atoms with Crippen molar-refractivity contribution in [3.8, 4) is 5.75 Å². The molecule has 3 rings (SSSR count). The van der Waals surface area contributed by atoms with Gasteiger partial charge < -0.3 is 15.4 Å². The predicted molar refractivity (Wildman–Crippen MR) is 124 cm³/mol. The van der Waals surface area contributed by atoms with Crippen LogP contribution in [0.4, 0.5) is 0 Å². The third kappa shape index (κ3) is 6.12. The standard InChI is InChI=1S/C21H31N5O.HI/c1-5-22-21(24-13-19-15(2)25-26(4)16(19)3)23-12-18-8-6-7-9-20(18)27-14-17-10-11-17;/h6-9,17H,5,10-14H2,1-4H3,(H2,22,23,24);1H. The molecule has 1 saturated carbocycles. The molecule has 0 spiro atoms. The average molecular weight is 497 g/mol. The van der Waals surface area contributed by atoms with Crippen molar-refractivity contribution in [2.24, 2.45) is 18.0 Å². The Morgan fingerprint density at radius 3 is 2.64 bits per heavy atom. The Kier molecular flexibility index (Phi) is 8.59. The Hall–Kier alpha value is -1.77. The molecule has 1 aromatic carbocycles. The number of nitrogens with one attached hydrogen (secondary N) is 2. The zero-order valence-electron chi connectivity index (χ0n) is 17.3. The van der Waals surface area contributed by atoms with E-state index in [9.17, 15) is 0 Å². The number of hydrogen-bond donors (Lipinski definition) is 2. The van der Waals surface area contributed by atoms with Gasteiger partial charge in [0, 0.05) is 37.0 Å². The van der Waals surface area contributed by atoms with Gasteiger partial charge in [0.05, 0.1) is 18.8 Å². The molecule has 1 aliphatic carbocycles. The molecule has 0 aliphatic heterocycles. The monoisotopic (exact) mass is 497 g/mol. The van der Waals surface area contributed by atoms with Gasteiger partial charge in [-0.1, -0.05) is 18.2 Å². The van der Waals surface area contributed by atoms with Crippen molar-refractivity contribution in [1.29, 1.82) is 0 Å². The van der Waals surface area contributed by atoms with E-state index in [4.69, 9.17) is 9.73 Å². The summed E-state index contributed by atoms with van der Waals surface area (Å²) >= 11 is 0. The normalized spacial score (nSPS) is 13.8. The SMILES string of the molecule is CCNC(=NCc1ccccc1OCC1CC1)NCc1c(C)nn(C)c1C.I. The minimum absolute atomic E-state index is 0. The molecule has 154 valence electrons. The highest BCUT2D eigenvalue weighted by Gasteiger charge is 2.22. The van der Waals surface area contributed by atoms with Gasteiger partial charge in [-0.05, 0) is 45.6 Å². The van der Waals surface area contributed by atoms with Crippen LogP contribution in [0.2, 0.25) is 0 Å². The molecule has 6 nitrogen and oxygen atoms in total. The molecule has 0 unspecified atom stereocenters. The quantitative estimate of drug-likeness (QED) is 0.332. The van der Waals surface area contributed by atoms with Crippen molar-refractivity contribution in [3.63, 3.8) is 0 Å². The van der Waals surface area contributed by atoms with Crippen LogP contribution in [0.25, 0.3) is 0 Å². The lowest BCUT2D eigenvalue weighted by Gasteiger charge is -2.13. The molecule has 2 N–H and O–H groups in total. The van der Waals surface area contributed by atoms with Gasteiger partial charge >= 0.3 is 0 Å². The second-order valence-corrected chi connectivity index (χ2v) is 7.18. The van der Waals surface area contributed by atoms with Crippen LogP contribution in [0.3, 0.4) is 0 Å². The highest BCUT2D eigenvalue weighted by atomic mass is 127. The number of aromatic nitrogens is 2. The number of aryl methyl sites for hydroxylation is 2. The first-order valence-electron chi connectivity index (χ1n) is 9.80. The number of nitrogens with zero attached hydrogens (tertiary/aromatic N) is 3. The van der Waals surface area contributed by atoms with E-state index in [0.717, 1.165) is 42.0 Å². The van der Waals surface area contributed by atoms with E-state index in [0.29, 0.717) is 13.1 Å². The summed E-state index contributed by atoms with van der Waals surface area (Å²) in [5, 5.41) is 11.2. The Balaban J connectivity index is 0.00000280. The summed E-state index contributed by atoms with van der Waals surface area (Å²) < 4.78 is 7.92. The van der Waals surface area contributed by atoms with Gasteiger partial charge in [-0.15, -0.1) is 24.0 Å². The fourth-order valence-corrected chi connectivity index (χ4v) is 3.02. The molecule has 1 aromatic heterocycles. The molecule has 2 aromatic rings. The van der Waals surface area contributed by atoms with E-state index in [-0.39, 0.29) is 24.0 Å². The number of ether oxygens (including phenoxy) is 1. The smallest absolute Gasteiger partial charge is 0.191 e. The van der Waals surface area contributed by atoms with Crippen molar-refractivity contribution in [2.45, 2.75) is 46.7 Å². The lowest BCUT2D eigenvalue weighted by atomic mass is 10.2. The number of halogens is 1. The molecule has 0 atom stereocenters. The first-order chi connectivity index (χ1) is 13.1. The lowest BCUT2D eigenvalue weighted by Crippen LogP contribution is -2.37. The van der Waals surface area contributed by atoms with E-state index in [2.05, 4.69) is 35.6 Å². The fourth-order valence-electron chi connectivity index (χ4n) is 3.02. The molecule has 0 radical (unpaired) electrons. The van der Waals surface area contributed by atoms with E-state index in [1.807, 2.05) is 36.9 Å². The summed E-state index contributed by atoms with van der Waals surface area (Å²) in [5.41, 5.74) is 4.56. The second-order valence-electron chi connectivity index (χ2n) is 7.18. The van der Waals surface area contributed by atoms with Crippen molar-refractivity contribution >= 4 is 29.9 Å². The first kappa shape index (κ1) is 22.5. The molecule has 1 aliphatic rings. The highest BCUT2D eigenvalue weighted by Crippen LogP contribution is 2.30. The molecular formula is C21H32IN5O. The van der Waals surface area contributed by atoms with Gasteiger partial charge in [0.2, 0.25) is 0 Å². The van der Waals surface area contributed by atoms with Gasteiger partial charge in [0.15, 0.2) is 5.96 Å². The van der Waals surface area contributed by atoms with Crippen LogP contribution >= 0.6 is 24.0 Å². The number of hydrogen-bond acceptors (Lipinski definition) is 3. The Labute approximate surface area is 185 Å². The third-order valence-corrected chi connectivity index (χ3v) is 4.99. The first-order valence-corrected chi connectivity index (χ1v) is 9.80. The average Bonchev–Trinajstić information content (AvgIpc) is 3.45. The van der Waals surface area contributed by atoms with Gasteiger partial charge in [-0.3, -0.25) is 4.68 Å². The van der Waals surface area contributed by atoms with E-state index in [1.54, 1.807) is 0 Å². The van der Waals surface area contributed by atoms with E-state index in [1.165, 1.54) is 24.1 Å². The second kappa shape index (κ2) is 10.7. The minimum Gasteiger partial charge on any atom is -0.493 e. The summed E-state index contributed by atoms with van der Waals surface area (Å²) in [5.74, 6) is 2.49. The molecular weight excluding hydrogens is 465 g/mol. The van der Waals surface area contributed by atoms with Crippen LogP contribution in [-0.4, -0.2) is 28.9 Å². The van der Waals surface area contributed by atoms with Crippen LogP contribution in [0, 0.1) is 19.8 Å². The van der Waals surface area contributed by atoms with Crippen molar-refractivity contribution in [2.75, 3.05) is 13.2 Å². The zero-order chi connectivity index (χ0) is 19.2. The number of aliphatic imine (C=N–C) groups is 1. The van der Waals surface area contributed by atoms with E-state index >= 15 is 0 Å². The van der Waals surface area contributed by atoms with Crippen LogP contribution in [0.15, 0.2) is 29.3 Å². The number of para-hydroxylation sites is 1. The predicted octanol–water partition coefficient (Wildman–Crippen LogP) is 3.70. The summed E-state index contributed by atoms with van der Waals surface area (Å²) in [6, 6.07) is 8.19. The van der Waals surface area contributed by atoms with Crippen molar-refractivity contribution in [3.05, 3.63) is 46.8 Å². The summed E-state index contributed by atoms with van der Waals surface area (Å²) in [6.07, 6.45) is 2.59. The van der Waals surface area contributed by atoms with Crippen LogP contribution in [0.5, 0.6) is 5.75 Å². The number of guanidine groups is 1. The minimum atomic E-state index is 0. The number of rotatable bonds is 8. The molecule has 7 heteroatoms. The molecule has 0 saturated heterocycles. The van der Waals surface area contributed by atoms with Crippen molar-refractivity contribution in [1.82, 2.24) is 20.4 Å². The van der Waals surface area contributed by atoms with Crippen LogP contribution in [-0.2, 0) is 20.1 Å². The Morgan fingerprint density at radius 1 is 1.25 bits per heavy atom. The Bertz CT molecular complexity index is 798. The Morgan fingerprint density at radius 2 is 2.00 bits per heavy atom. The molecule has 1 fully saturated rings. The topological polar surface area (TPSA) is 63.5 Å². The van der Waals surface area contributed by atoms with Crippen molar-refractivity contribution < 1.29 is 4.74 Å².